The van der Waals surface area contributed by atoms with Crippen LogP contribution in [-0.4, -0.2) is 9.55 Å². The summed E-state index contributed by atoms with van der Waals surface area (Å²) in [6.07, 6.45) is 3.48. The highest BCUT2D eigenvalue weighted by molar-refractivity contribution is 5.57. The third-order valence-corrected chi connectivity index (χ3v) is 2.74. The predicted octanol–water partition coefficient (Wildman–Crippen LogP) is 3.71. The van der Waals surface area contributed by atoms with Crippen LogP contribution in [0.3, 0.4) is 0 Å². The lowest BCUT2D eigenvalue weighted by Crippen LogP contribution is -2.05. The summed E-state index contributed by atoms with van der Waals surface area (Å²) in [5, 5.41) is 2.71. The van der Waals surface area contributed by atoms with Crippen LogP contribution >= 0.6 is 0 Å². The summed E-state index contributed by atoms with van der Waals surface area (Å²) < 4.78 is 29.3. The number of nitrogens with one attached hydrogen (secondary N) is 1. The van der Waals surface area contributed by atoms with Gasteiger partial charge < -0.3 is 9.88 Å². The zero-order valence-corrected chi connectivity index (χ0v) is 10.9. The minimum Gasteiger partial charge on any atom is -0.321 e. The fraction of sp³-hybridized carbons (Fsp3) is 0.214. The Morgan fingerprint density at radius 1 is 1.37 bits per heavy atom. The molecule has 1 N–H and O–H groups in total. The number of aryl methyl sites for hydroxylation is 2. The SMILES string of the molecule is C=CCn1cc(C)nc1Nc1c(F)ccc(C)c1F. The van der Waals surface area contributed by atoms with Crippen molar-refractivity contribution < 1.29 is 8.78 Å². The Balaban J connectivity index is 2.41. The monoisotopic (exact) mass is 263 g/mol. The average Bonchev–Trinajstić information content (AvgIpc) is 2.71. The molecule has 2 aromatic rings. The number of aromatic nitrogens is 2. The van der Waals surface area contributed by atoms with Gasteiger partial charge in [0.25, 0.3) is 0 Å². The standard InChI is InChI=1S/C14H15F2N3/c1-4-7-19-8-10(3)17-14(19)18-13-11(15)6-5-9(2)12(13)16/h4-6,8H,1,7H2,2-3H3,(H,17,18). The lowest BCUT2D eigenvalue weighted by atomic mass is 10.2. The Morgan fingerprint density at radius 2 is 2.11 bits per heavy atom. The summed E-state index contributed by atoms with van der Waals surface area (Å²) in [7, 11) is 0. The first-order chi connectivity index (χ1) is 9.02. The zero-order valence-electron chi connectivity index (χ0n) is 10.9. The van der Waals surface area contributed by atoms with Crippen LogP contribution in [0.15, 0.2) is 31.0 Å². The third kappa shape index (κ3) is 2.65. The molecule has 0 saturated carbocycles. The molecule has 2 rings (SSSR count). The van der Waals surface area contributed by atoms with E-state index in [9.17, 15) is 8.78 Å². The minimum absolute atomic E-state index is 0.184. The number of halogens is 2. The largest absolute Gasteiger partial charge is 0.321 e. The van der Waals surface area contributed by atoms with Crippen LogP contribution in [-0.2, 0) is 6.54 Å². The number of hydrogen-bond acceptors (Lipinski definition) is 2. The van der Waals surface area contributed by atoms with Gasteiger partial charge in [-0.1, -0.05) is 12.1 Å². The lowest BCUT2D eigenvalue weighted by Gasteiger charge is -2.11. The molecule has 0 spiro atoms. The van der Waals surface area contributed by atoms with Gasteiger partial charge in [0.2, 0.25) is 5.95 Å². The van der Waals surface area contributed by atoms with Crippen molar-refractivity contribution in [2.75, 3.05) is 5.32 Å². The van der Waals surface area contributed by atoms with Gasteiger partial charge in [0.1, 0.15) is 11.5 Å². The number of anilines is 2. The van der Waals surface area contributed by atoms with Crippen molar-refractivity contribution in [1.82, 2.24) is 9.55 Å². The van der Waals surface area contributed by atoms with Gasteiger partial charge in [0.05, 0.1) is 5.69 Å². The van der Waals surface area contributed by atoms with E-state index in [1.165, 1.54) is 12.1 Å². The summed E-state index contributed by atoms with van der Waals surface area (Å²) in [5.41, 5.74) is 0.955. The summed E-state index contributed by atoms with van der Waals surface area (Å²) in [6.45, 7) is 7.55. The number of benzene rings is 1. The van der Waals surface area contributed by atoms with Gasteiger partial charge in [-0.15, -0.1) is 6.58 Å². The highest BCUT2D eigenvalue weighted by Crippen LogP contribution is 2.25. The summed E-state index contributed by atoms with van der Waals surface area (Å²) in [5.74, 6) is -0.861. The Morgan fingerprint density at radius 3 is 2.79 bits per heavy atom. The molecule has 0 bridgehead atoms. The van der Waals surface area contributed by atoms with Gasteiger partial charge in [-0.2, -0.15) is 0 Å². The van der Waals surface area contributed by atoms with E-state index in [1.54, 1.807) is 23.8 Å². The van der Waals surface area contributed by atoms with E-state index in [1.807, 2.05) is 6.92 Å². The van der Waals surface area contributed by atoms with Crippen molar-refractivity contribution in [1.29, 1.82) is 0 Å². The van der Waals surface area contributed by atoms with Crippen molar-refractivity contribution in [3.63, 3.8) is 0 Å². The fourth-order valence-electron chi connectivity index (χ4n) is 1.81. The van der Waals surface area contributed by atoms with E-state index in [0.717, 1.165) is 5.69 Å². The quantitative estimate of drug-likeness (QED) is 0.852. The molecule has 3 nitrogen and oxygen atoms in total. The summed E-state index contributed by atoms with van der Waals surface area (Å²) >= 11 is 0. The van der Waals surface area contributed by atoms with Crippen molar-refractivity contribution >= 4 is 11.6 Å². The Kier molecular flexibility index (Phi) is 3.64. The van der Waals surface area contributed by atoms with Crippen LogP contribution in [0.25, 0.3) is 0 Å². The molecule has 19 heavy (non-hydrogen) atoms. The fourth-order valence-corrected chi connectivity index (χ4v) is 1.81. The molecule has 0 atom stereocenters. The molecule has 1 aromatic carbocycles. The van der Waals surface area contributed by atoms with E-state index in [4.69, 9.17) is 0 Å². The van der Waals surface area contributed by atoms with Gasteiger partial charge in [-0.3, -0.25) is 0 Å². The molecule has 0 saturated heterocycles. The van der Waals surface area contributed by atoms with Gasteiger partial charge in [-0.25, -0.2) is 13.8 Å². The summed E-state index contributed by atoms with van der Waals surface area (Å²) in [4.78, 5) is 4.21. The van der Waals surface area contributed by atoms with Gasteiger partial charge in [-0.05, 0) is 25.5 Å². The predicted molar refractivity (Wildman–Crippen MR) is 71.5 cm³/mol. The number of hydrogen-bond donors (Lipinski definition) is 1. The number of imidazole rings is 1. The molecular weight excluding hydrogens is 248 g/mol. The second kappa shape index (κ2) is 5.22. The molecule has 0 radical (unpaired) electrons. The maximum Gasteiger partial charge on any atom is 0.208 e. The van der Waals surface area contributed by atoms with Gasteiger partial charge in [0.15, 0.2) is 5.82 Å². The second-order valence-electron chi connectivity index (χ2n) is 4.33. The molecule has 0 aliphatic rings. The number of rotatable bonds is 4. The molecule has 0 amide bonds. The lowest BCUT2D eigenvalue weighted by molar-refractivity contribution is 0.584. The first-order valence-electron chi connectivity index (χ1n) is 5.89. The molecule has 100 valence electrons. The van der Waals surface area contributed by atoms with Crippen molar-refractivity contribution in [3.8, 4) is 0 Å². The molecule has 0 aliphatic heterocycles. The first-order valence-corrected chi connectivity index (χ1v) is 5.89. The molecule has 0 fully saturated rings. The van der Waals surface area contributed by atoms with Gasteiger partial charge in [0, 0.05) is 12.7 Å². The molecule has 5 heteroatoms. The third-order valence-electron chi connectivity index (χ3n) is 2.74. The molecular formula is C14H15F2N3. The highest BCUT2D eigenvalue weighted by Gasteiger charge is 2.14. The maximum atomic E-state index is 13.9. The average molecular weight is 263 g/mol. The van der Waals surface area contributed by atoms with Crippen LogP contribution in [0.1, 0.15) is 11.3 Å². The van der Waals surface area contributed by atoms with Crippen LogP contribution in [0.4, 0.5) is 20.4 Å². The van der Waals surface area contributed by atoms with E-state index in [2.05, 4.69) is 16.9 Å². The minimum atomic E-state index is -0.645. The van der Waals surface area contributed by atoms with Crippen LogP contribution in [0, 0.1) is 25.5 Å². The van der Waals surface area contributed by atoms with E-state index >= 15 is 0 Å². The maximum absolute atomic E-state index is 13.9. The van der Waals surface area contributed by atoms with Crippen molar-refractivity contribution in [2.45, 2.75) is 20.4 Å². The molecule has 0 aliphatic carbocycles. The Bertz CT molecular complexity index is 617. The number of nitrogens with zero attached hydrogens (tertiary/aromatic N) is 2. The zero-order chi connectivity index (χ0) is 14.0. The number of allylic oxidation sites excluding steroid dienone is 1. The van der Waals surface area contributed by atoms with E-state index in [-0.39, 0.29) is 5.69 Å². The molecule has 1 heterocycles. The van der Waals surface area contributed by atoms with E-state index < -0.39 is 11.6 Å². The Labute approximate surface area is 110 Å². The van der Waals surface area contributed by atoms with E-state index in [0.29, 0.717) is 18.1 Å². The smallest absolute Gasteiger partial charge is 0.208 e. The first kappa shape index (κ1) is 13.3. The van der Waals surface area contributed by atoms with Crippen LogP contribution < -0.4 is 5.32 Å². The van der Waals surface area contributed by atoms with Gasteiger partial charge >= 0.3 is 0 Å². The Hall–Kier alpha value is -2.17. The van der Waals surface area contributed by atoms with Crippen molar-refractivity contribution in [3.05, 3.63) is 53.9 Å². The van der Waals surface area contributed by atoms with Crippen LogP contribution in [0.5, 0.6) is 0 Å². The molecule has 1 aromatic heterocycles. The van der Waals surface area contributed by atoms with Crippen LogP contribution in [0.2, 0.25) is 0 Å². The van der Waals surface area contributed by atoms with Crippen molar-refractivity contribution in [2.24, 2.45) is 0 Å². The normalized spacial score (nSPS) is 10.5. The summed E-state index contributed by atoms with van der Waals surface area (Å²) in [6, 6.07) is 2.63. The topological polar surface area (TPSA) is 29.9 Å². The molecule has 0 unspecified atom stereocenters. The highest BCUT2D eigenvalue weighted by atomic mass is 19.1. The second-order valence-corrected chi connectivity index (χ2v) is 4.33.